The van der Waals surface area contributed by atoms with Gasteiger partial charge in [-0.3, -0.25) is 0 Å². The number of hydrogen-bond donors (Lipinski definition) is 1. The van der Waals surface area contributed by atoms with Gasteiger partial charge in [0.2, 0.25) is 0 Å². The summed E-state index contributed by atoms with van der Waals surface area (Å²) in [5.41, 5.74) is 1.07. The first-order chi connectivity index (χ1) is 8.18. The number of thiocarbonyl (C=S) groups is 1. The van der Waals surface area contributed by atoms with Crippen molar-refractivity contribution in [1.82, 2.24) is 4.90 Å². The van der Waals surface area contributed by atoms with Crippen LogP contribution in [-0.4, -0.2) is 22.6 Å². The van der Waals surface area contributed by atoms with Crippen LogP contribution in [0.3, 0.4) is 0 Å². The maximum Gasteiger partial charge on any atom is 0.173 e. The zero-order chi connectivity index (χ0) is 12.3. The molecule has 1 saturated heterocycles. The van der Waals surface area contributed by atoms with Crippen LogP contribution in [0.4, 0.5) is 5.69 Å². The van der Waals surface area contributed by atoms with Crippen molar-refractivity contribution >= 4 is 23.0 Å². The predicted octanol–water partition coefficient (Wildman–Crippen LogP) is 3.50. The van der Waals surface area contributed by atoms with Gasteiger partial charge < -0.3 is 10.2 Å². The number of nitrogens with one attached hydrogen (secondary N) is 1. The lowest BCUT2D eigenvalue weighted by Gasteiger charge is -2.39. The number of hydrogen-bond acceptors (Lipinski definition) is 1. The fraction of sp³-hybridized carbons (Fsp3) is 0.500. The van der Waals surface area contributed by atoms with E-state index in [9.17, 15) is 0 Å². The average molecular weight is 248 g/mol. The van der Waals surface area contributed by atoms with Gasteiger partial charge >= 0.3 is 0 Å². The topological polar surface area (TPSA) is 15.3 Å². The molecule has 1 aromatic rings. The third-order valence-corrected chi connectivity index (χ3v) is 4.00. The van der Waals surface area contributed by atoms with Gasteiger partial charge in [-0.05, 0) is 50.0 Å². The van der Waals surface area contributed by atoms with Gasteiger partial charge in [-0.1, -0.05) is 25.1 Å². The van der Waals surface area contributed by atoms with Crippen LogP contribution in [0.15, 0.2) is 30.3 Å². The quantitative estimate of drug-likeness (QED) is 0.766. The van der Waals surface area contributed by atoms with Gasteiger partial charge in [0.1, 0.15) is 0 Å². The van der Waals surface area contributed by atoms with Crippen LogP contribution in [0, 0.1) is 5.92 Å². The van der Waals surface area contributed by atoms with Crippen molar-refractivity contribution < 1.29 is 0 Å². The molecule has 0 amide bonds. The maximum atomic E-state index is 5.50. The maximum absolute atomic E-state index is 5.50. The lowest BCUT2D eigenvalue weighted by molar-refractivity contribution is 0.194. The molecule has 0 saturated carbocycles. The Morgan fingerprint density at radius 2 is 2.00 bits per heavy atom. The van der Waals surface area contributed by atoms with E-state index in [1.54, 1.807) is 0 Å². The van der Waals surface area contributed by atoms with Crippen molar-refractivity contribution in [3.05, 3.63) is 30.3 Å². The predicted molar refractivity (Wildman–Crippen MR) is 77.2 cm³/mol. The second kappa shape index (κ2) is 5.50. The molecular weight excluding hydrogens is 228 g/mol. The molecule has 2 atom stereocenters. The minimum Gasteiger partial charge on any atom is -0.346 e. The zero-order valence-corrected chi connectivity index (χ0v) is 11.3. The Bertz CT molecular complexity index is 377. The van der Waals surface area contributed by atoms with Crippen molar-refractivity contribution in [3.63, 3.8) is 0 Å². The van der Waals surface area contributed by atoms with Crippen molar-refractivity contribution in [2.75, 3.05) is 11.9 Å². The molecule has 0 bridgehead atoms. The SMILES string of the molecule is CC1CCCN(C(=S)Nc2ccccc2)C1C. The molecule has 1 aromatic carbocycles. The number of likely N-dealkylation sites (tertiary alicyclic amines) is 1. The summed E-state index contributed by atoms with van der Waals surface area (Å²) in [6.45, 7) is 5.65. The normalized spacial score (nSPS) is 24.5. The van der Waals surface area contributed by atoms with Crippen molar-refractivity contribution in [3.8, 4) is 0 Å². The van der Waals surface area contributed by atoms with E-state index in [2.05, 4.69) is 24.1 Å². The van der Waals surface area contributed by atoms with Crippen LogP contribution < -0.4 is 5.32 Å². The van der Waals surface area contributed by atoms with Gasteiger partial charge in [0, 0.05) is 18.3 Å². The van der Waals surface area contributed by atoms with Crippen LogP contribution in [0.2, 0.25) is 0 Å². The first-order valence-electron chi connectivity index (χ1n) is 6.31. The minimum atomic E-state index is 0.535. The summed E-state index contributed by atoms with van der Waals surface area (Å²) in [5, 5.41) is 4.18. The molecule has 1 aliphatic heterocycles. The number of piperidine rings is 1. The highest BCUT2D eigenvalue weighted by molar-refractivity contribution is 7.80. The third-order valence-electron chi connectivity index (χ3n) is 3.66. The summed E-state index contributed by atoms with van der Waals surface area (Å²) in [4.78, 5) is 2.32. The lowest BCUT2D eigenvalue weighted by atomic mass is 9.92. The van der Waals surface area contributed by atoms with E-state index in [0.717, 1.165) is 23.3 Å². The molecule has 92 valence electrons. The fourth-order valence-corrected chi connectivity index (χ4v) is 2.71. The molecule has 0 aliphatic carbocycles. The van der Waals surface area contributed by atoms with E-state index in [1.807, 2.05) is 30.3 Å². The number of anilines is 1. The summed E-state index contributed by atoms with van der Waals surface area (Å²) >= 11 is 5.50. The third kappa shape index (κ3) is 2.97. The smallest absolute Gasteiger partial charge is 0.173 e. The molecule has 2 unspecified atom stereocenters. The van der Waals surface area contributed by atoms with Crippen LogP contribution in [0.5, 0.6) is 0 Å². The van der Waals surface area contributed by atoms with Crippen LogP contribution in [0.1, 0.15) is 26.7 Å². The van der Waals surface area contributed by atoms with Crippen LogP contribution >= 0.6 is 12.2 Å². The largest absolute Gasteiger partial charge is 0.346 e. The highest BCUT2D eigenvalue weighted by Gasteiger charge is 2.26. The first-order valence-corrected chi connectivity index (χ1v) is 6.72. The molecular formula is C14H20N2S. The number of benzene rings is 1. The van der Waals surface area contributed by atoms with Gasteiger partial charge in [-0.25, -0.2) is 0 Å². The summed E-state index contributed by atoms with van der Waals surface area (Å²) in [7, 11) is 0. The minimum absolute atomic E-state index is 0.535. The molecule has 1 fully saturated rings. The number of rotatable bonds is 1. The van der Waals surface area contributed by atoms with Crippen molar-refractivity contribution in [2.45, 2.75) is 32.7 Å². The molecule has 1 heterocycles. The van der Waals surface area contributed by atoms with Gasteiger partial charge in [-0.2, -0.15) is 0 Å². The molecule has 3 heteroatoms. The second-order valence-corrected chi connectivity index (χ2v) is 5.24. The Labute approximate surface area is 109 Å². The Hall–Kier alpha value is -1.09. The van der Waals surface area contributed by atoms with Crippen molar-refractivity contribution in [2.24, 2.45) is 5.92 Å². The molecule has 0 aromatic heterocycles. The summed E-state index contributed by atoms with van der Waals surface area (Å²) in [5.74, 6) is 0.722. The molecule has 1 aliphatic rings. The van der Waals surface area contributed by atoms with Gasteiger partial charge in [-0.15, -0.1) is 0 Å². The van der Waals surface area contributed by atoms with E-state index in [-0.39, 0.29) is 0 Å². The van der Waals surface area contributed by atoms with Gasteiger partial charge in [0.15, 0.2) is 5.11 Å². The summed E-state index contributed by atoms with van der Waals surface area (Å²) < 4.78 is 0. The Morgan fingerprint density at radius 3 is 2.71 bits per heavy atom. The zero-order valence-electron chi connectivity index (χ0n) is 10.5. The van der Waals surface area contributed by atoms with E-state index < -0.39 is 0 Å². The summed E-state index contributed by atoms with van der Waals surface area (Å²) in [6.07, 6.45) is 2.55. The fourth-order valence-electron chi connectivity index (χ4n) is 2.34. The second-order valence-electron chi connectivity index (χ2n) is 4.85. The first kappa shape index (κ1) is 12.4. The van der Waals surface area contributed by atoms with Crippen LogP contribution in [-0.2, 0) is 0 Å². The van der Waals surface area contributed by atoms with E-state index >= 15 is 0 Å². The highest BCUT2D eigenvalue weighted by atomic mass is 32.1. The Kier molecular flexibility index (Phi) is 4.00. The van der Waals surface area contributed by atoms with E-state index in [1.165, 1.54) is 12.8 Å². The molecule has 2 rings (SSSR count). The van der Waals surface area contributed by atoms with Crippen LogP contribution in [0.25, 0.3) is 0 Å². The number of nitrogens with zero attached hydrogens (tertiary/aromatic N) is 1. The molecule has 2 nitrogen and oxygen atoms in total. The monoisotopic (exact) mass is 248 g/mol. The Morgan fingerprint density at radius 1 is 1.29 bits per heavy atom. The molecule has 0 spiro atoms. The summed E-state index contributed by atoms with van der Waals surface area (Å²) in [6, 6.07) is 10.7. The number of para-hydroxylation sites is 1. The standard InChI is InChI=1S/C14H20N2S/c1-11-7-6-10-16(12(11)2)14(17)15-13-8-4-3-5-9-13/h3-5,8-9,11-12H,6-7,10H2,1-2H3,(H,15,17). The lowest BCUT2D eigenvalue weighted by Crippen LogP contribution is -2.47. The molecule has 17 heavy (non-hydrogen) atoms. The van der Waals surface area contributed by atoms with E-state index in [0.29, 0.717) is 6.04 Å². The molecule has 0 radical (unpaired) electrons. The highest BCUT2D eigenvalue weighted by Crippen LogP contribution is 2.23. The Balaban J connectivity index is 2.00. The molecule has 1 N–H and O–H groups in total. The van der Waals surface area contributed by atoms with E-state index in [4.69, 9.17) is 12.2 Å². The van der Waals surface area contributed by atoms with Gasteiger partial charge in [0.25, 0.3) is 0 Å². The van der Waals surface area contributed by atoms with Crippen molar-refractivity contribution in [1.29, 1.82) is 0 Å². The van der Waals surface area contributed by atoms with Gasteiger partial charge in [0.05, 0.1) is 0 Å². The average Bonchev–Trinajstić information content (AvgIpc) is 2.34.